The van der Waals surface area contributed by atoms with E-state index in [1.165, 1.54) is 21.1 Å². The Labute approximate surface area is 172 Å². The molecular weight excluding hydrogens is 374 g/mol. The fourth-order valence-electron chi connectivity index (χ4n) is 4.10. The van der Waals surface area contributed by atoms with E-state index >= 15 is 0 Å². The van der Waals surface area contributed by atoms with Crippen molar-refractivity contribution in [3.05, 3.63) is 27.8 Å². The third kappa shape index (κ3) is 4.79. The van der Waals surface area contributed by atoms with Gasteiger partial charge in [0.1, 0.15) is 5.75 Å². The molecule has 1 amide bonds. The molecule has 0 aliphatic heterocycles. The van der Waals surface area contributed by atoms with Gasteiger partial charge in [0, 0.05) is 32.2 Å². The second-order valence-corrected chi connectivity index (χ2v) is 8.14. The number of hydrogen-bond acceptors (Lipinski definition) is 6. The van der Waals surface area contributed by atoms with E-state index in [9.17, 15) is 14.7 Å². The van der Waals surface area contributed by atoms with Crippen molar-refractivity contribution in [1.29, 1.82) is 0 Å². The van der Waals surface area contributed by atoms with Crippen molar-refractivity contribution in [3.63, 3.8) is 0 Å². The smallest absolute Gasteiger partial charge is 0.281 e. The molecule has 0 heterocycles. The van der Waals surface area contributed by atoms with Gasteiger partial charge < -0.3 is 14.6 Å². The van der Waals surface area contributed by atoms with Crippen LogP contribution in [-0.2, 0) is 33.6 Å². The summed E-state index contributed by atoms with van der Waals surface area (Å²) in [4.78, 5) is 30.9. The van der Waals surface area contributed by atoms with Crippen LogP contribution in [0.1, 0.15) is 72.0 Å². The minimum Gasteiger partial charge on any atom is -0.507 e. The van der Waals surface area contributed by atoms with Crippen LogP contribution >= 0.6 is 0 Å². The molecule has 29 heavy (non-hydrogen) atoms. The zero-order valence-corrected chi connectivity index (χ0v) is 18.5. The number of ketones is 1. The van der Waals surface area contributed by atoms with E-state index in [0.717, 1.165) is 10.6 Å². The second-order valence-electron chi connectivity index (χ2n) is 8.14. The number of ether oxygens (including phenoxy) is 2. The third-order valence-electron chi connectivity index (χ3n) is 5.30. The summed E-state index contributed by atoms with van der Waals surface area (Å²) < 4.78 is 11.3. The summed E-state index contributed by atoms with van der Waals surface area (Å²) in [7, 11) is 2.85. The molecule has 0 spiro atoms. The summed E-state index contributed by atoms with van der Waals surface area (Å²) in [5, 5.41) is 12.2. The molecule has 7 heteroatoms. The Balaban J connectivity index is 2.78. The van der Waals surface area contributed by atoms with Crippen LogP contribution in [0.25, 0.3) is 0 Å². The molecule has 0 aromatic heterocycles. The van der Waals surface area contributed by atoms with Crippen LogP contribution in [0.3, 0.4) is 0 Å². The van der Waals surface area contributed by atoms with Gasteiger partial charge in [0.15, 0.2) is 12.1 Å². The van der Waals surface area contributed by atoms with E-state index in [0.29, 0.717) is 42.7 Å². The minimum atomic E-state index is -0.630. The molecule has 1 N–H and O–H groups in total. The van der Waals surface area contributed by atoms with Crippen LogP contribution in [-0.4, -0.2) is 55.5 Å². The van der Waals surface area contributed by atoms with E-state index in [4.69, 9.17) is 14.3 Å². The van der Waals surface area contributed by atoms with Gasteiger partial charge >= 0.3 is 0 Å². The number of hydrogen-bond donors (Lipinski definition) is 1. The summed E-state index contributed by atoms with van der Waals surface area (Å²) in [5.74, 6) is -0.734. The maximum Gasteiger partial charge on any atom is 0.281 e. The molecule has 1 aromatic carbocycles. The van der Waals surface area contributed by atoms with Gasteiger partial charge in [-0.15, -0.1) is 0 Å². The highest BCUT2D eigenvalue weighted by atomic mass is 16.7. The Morgan fingerprint density at radius 3 is 2.14 bits per heavy atom. The molecule has 0 atom stereocenters. The van der Waals surface area contributed by atoms with Crippen LogP contribution in [0.15, 0.2) is 0 Å². The monoisotopic (exact) mass is 407 g/mol. The summed E-state index contributed by atoms with van der Waals surface area (Å²) >= 11 is 0. The summed E-state index contributed by atoms with van der Waals surface area (Å²) in [6.07, 6.45) is 0.789. The quantitative estimate of drug-likeness (QED) is 0.384. The predicted molar refractivity (Wildman–Crippen MR) is 109 cm³/mol. The third-order valence-corrected chi connectivity index (χ3v) is 5.30. The van der Waals surface area contributed by atoms with Crippen LogP contribution < -0.4 is 0 Å². The van der Waals surface area contributed by atoms with Crippen LogP contribution in [0.4, 0.5) is 0 Å². The van der Waals surface area contributed by atoms with Gasteiger partial charge in [-0.05, 0) is 55.7 Å². The van der Waals surface area contributed by atoms with Gasteiger partial charge in [0.25, 0.3) is 5.91 Å². The molecular formula is C22H33NO6. The topological polar surface area (TPSA) is 85.3 Å². The summed E-state index contributed by atoms with van der Waals surface area (Å²) in [6.45, 7) is 10.2. The molecule has 1 aliphatic carbocycles. The number of hydroxylamine groups is 2. The lowest BCUT2D eigenvalue weighted by Crippen LogP contribution is -2.30. The molecule has 1 aliphatic rings. The number of nitrogens with zero attached hydrogens (tertiary/aromatic N) is 1. The number of carbonyl (C=O) groups is 2. The molecule has 2 rings (SSSR count). The highest BCUT2D eigenvalue weighted by Crippen LogP contribution is 2.46. The van der Waals surface area contributed by atoms with Crippen molar-refractivity contribution < 1.29 is 29.0 Å². The van der Waals surface area contributed by atoms with E-state index < -0.39 is 12.2 Å². The van der Waals surface area contributed by atoms with Crippen LogP contribution in [0.2, 0.25) is 0 Å². The number of Topliss-reactive ketones (excluding diaryl/α,β-unsaturated/α-hetero) is 1. The lowest BCUT2D eigenvalue weighted by molar-refractivity contribution is -0.134. The number of aromatic hydroxyl groups is 1. The number of amides is 1. The average molecular weight is 408 g/mol. The van der Waals surface area contributed by atoms with Crippen LogP contribution in [0, 0.1) is 5.41 Å². The van der Waals surface area contributed by atoms with Crippen molar-refractivity contribution in [1.82, 2.24) is 5.06 Å². The predicted octanol–water partition coefficient (Wildman–Crippen LogP) is 3.29. The molecule has 0 saturated heterocycles. The molecule has 7 nitrogen and oxygen atoms in total. The zero-order valence-electron chi connectivity index (χ0n) is 18.5. The first-order valence-corrected chi connectivity index (χ1v) is 10.0. The van der Waals surface area contributed by atoms with Gasteiger partial charge in [0.05, 0.1) is 12.7 Å². The average Bonchev–Trinajstić information content (AvgIpc) is 2.96. The number of carbonyl (C=O) groups excluding carboxylic acids is 2. The molecule has 0 fully saturated rings. The standard InChI is InChI=1S/C22H33NO6/c1-8-28-17(29-9-2)10-14-18(13(3)24)15-11-22(4,5)12-16(15)20(25)19(14)21(26)23(6)27-7/h17,25H,8-12H2,1-7H3. The molecule has 162 valence electrons. The Morgan fingerprint density at radius 2 is 1.66 bits per heavy atom. The zero-order chi connectivity index (χ0) is 21.9. The van der Waals surface area contributed by atoms with Gasteiger partial charge in [-0.2, -0.15) is 0 Å². The van der Waals surface area contributed by atoms with E-state index in [-0.39, 0.29) is 28.9 Å². The molecule has 0 unspecified atom stereocenters. The van der Waals surface area contributed by atoms with Crippen molar-refractivity contribution in [2.45, 2.75) is 60.2 Å². The van der Waals surface area contributed by atoms with Crippen molar-refractivity contribution in [2.75, 3.05) is 27.4 Å². The lowest BCUT2D eigenvalue weighted by atomic mass is 9.87. The summed E-state index contributed by atoms with van der Waals surface area (Å²) in [5.41, 5.74) is 2.39. The Bertz CT molecular complexity index is 780. The van der Waals surface area contributed by atoms with E-state index in [2.05, 4.69) is 13.8 Å². The molecule has 0 saturated carbocycles. The van der Waals surface area contributed by atoms with Crippen molar-refractivity contribution >= 4 is 11.7 Å². The number of phenols is 1. The SMILES string of the molecule is CCOC(Cc1c(C(=O)N(C)OC)c(O)c2c(c1C(C)=O)CC(C)(C)C2)OCC. The maximum atomic E-state index is 13.1. The van der Waals surface area contributed by atoms with Gasteiger partial charge in [-0.25, -0.2) is 5.06 Å². The van der Waals surface area contributed by atoms with Gasteiger partial charge in [0.2, 0.25) is 0 Å². The minimum absolute atomic E-state index is 0.0776. The molecule has 0 bridgehead atoms. The summed E-state index contributed by atoms with van der Waals surface area (Å²) in [6, 6.07) is 0. The first-order valence-electron chi connectivity index (χ1n) is 10.0. The number of rotatable bonds is 9. The lowest BCUT2D eigenvalue weighted by Gasteiger charge is -2.25. The maximum absolute atomic E-state index is 13.1. The first kappa shape index (κ1) is 23.3. The highest BCUT2D eigenvalue weighted by molar-refractivity contribution is 6.05. The Kier molecular flexibility index (Phi) is 7.43. The fraction of sp³-hybridized carbons (Fsp3) is 0.636. The molecule has 1 aromatic rings. The fourth-order valence-corrected chi connectivity index (χ4v) is 4.10. The number of fused-ring (bicyclic) bond motifs is 1. The largest absolute Gasteiger partial charge is 0.507 e. The number of phenolic OH excluding ortho intramolecular Hbond substituents is 1. The Morgan fingerprint density at radius 1 is 1.10 bits per heavy atom. The first-order chi connectivity index (χ1) is 13.6. The van der Waals surface area contributed by atoms with Crippen molar-refractivity contribution in [2.24, 2.45) is 5.41 Å². The normalized spacial score (nSPS) is 14.9. The molecule has 0 radical (unpaired) electrons. The van der Waals surface area contributed by atoms with Gasteiger partial charge in [-0.3, -0.25) is 14.4 Å². The van der Waals surface area contributed by atoms with Crippen LogP contribution in [0.5, 0.6) is 5.75 Å². The van der Waals surface area contributed by atoms with Gasteiger partial charge in [-0.1, -0.05) is 13.8 Å². The highest BCUT2D eigenvalue weighted by Gasteiger charge is 2.39. The van der Waals surface area contributed by atoms with Crippen molar-refractivity contribution in [3.8, 4) is 5.75 Å². The van der Waals surface area contributed by atoms with E-state index in [1.54, 1.807) is 0 Å². The van der Waals surface area contributed by atoms with E-state index in [1.807, 2.05) is 13.8 Å². The number of benzene rings is 1. The Hall–Kier alpha value is -1.96. The second kappa shape index (κ2) is 9.24.